The van der Waals surface area contributed by atoms with E-state index in [-0.39, 0.29) is 12.6 Å². The van der Waals surface area contributed by atoms with E-state index in [1.54, 1.807) is 38.2 Å². The zero-order valence-corrected chi connectivity index (χ0v) is 11.8. The molecular formula is C13H18F3N3O2. The molecule has 2 N–H and O–H groups in total. The van der Waals surface area contributed by atoms with Crippen LogP contribution in [-0.2, 0) is 4.74 Å². The summed E-state index contributed by atoms with van der Waals surface area (Å²) in [6.07, 6.45) is -2.76. The summed E-state index contributed by atoms with van der Waals surface area (Å²) in [4.78, 5) is 15.8. The lowest BCUT2D eigenvalue weighted by Crippen LogP contribution is -2.44. The zero-order chi connectivity index (χ0) is 15.9. The maximum absolute atomic E-state index is 11.9. The first-order valence-electron chi connectivity index (χ1n) is 6.40. The van der Waals surface area contributed by atoms with Crippen LogP contribution in [0.15, 0.2) is 24.4 Å². The van der Waals surface area contributed by atoms with Crippen molar-refractivity contribution >= 4 is 6.03 Å². The van der Waals surface area contributed by atoms with E-state index >= 15 is 0 Å². The van der Waals surface area contributed by atoms with Crippen molar-refractivity contribution in [3.8, 4) is 0 Å². The molecule has 21 heavy (non-hydrogen) atoms. The number of rotatable bonds is 6. The van der Waals surface area contributed by atoms with E-state index in [4.69, 9.17) is 0 Å². The third-order valence-corrected chi connectivity index (χ3v) is 2.49. The molecule has 0 fully saturated rings. The maximum atomic E-state index is 11.9. The summed E-state index contributed by atoms with van der Waals surface area (Å²) in [5, 5.41) is 5.14. The van der Waals surface area contributed by atoms with Gasteiger partial charge in [0.1, 0.15) is 6.61 Å². The lowest BCUT2D eigenvalue weighted by Gasteiger charge is -2.18. The number of ether oxygens (including phenoxy) is 1. The molecule has 0 aliphatic rings. The van der Waals surface area contributed by atoms with Gasteiger partial charge in [0.25, 0.3) is 0 Å². The van der Waals surface area contributed by atoms with E-state index in [1.807, 2.05) is 0 Å². The van der Waals surface area contributed by atoms with Crippen LogP contribution in [0.2, 0.25) is 0 Å². The smallest absolute Gasteiger partial charge is 0.370 e. The Morgan fingerprint density at radius 1 is 1.33 bits per heavy atom. The molecule has 0 saturated carbocycles. The quantitative estimate of drug-likeness (QED) is 0.848. The normalized spacial score (nSPS) is 14.3. The lowest BCUT2D eigenvalue weighted by molar-refractivity contribution is -0.174. The Kier molecular flexibility index (Phi) is 6.41. The highest BCUT2D eigenvalue weighted by Gasteiger charge is 2.27. The lowest BCUT2D eigenvalue weighted by atomic mass is 10.2. The predicted molar refractivity (Wildman–Crippen MR) is 70.7 cm³/mol. The fourth-order valence-electron chi connectivity index (χ4n) is 1.56. The number of hydrogen-bond acceptors (Lipinski definition) is 3. The summed E-state index contributed by atoms with van der Waals surface area (Å²) in [5.74, 6) is 0. The van der Waals surface area contributed by atoms with Gasteiger partial charge in [-0.3, -0.25) is 4.98 Å². The Bertz CT molecular complexity index is 440. The molecule has 1 rings (SSSR count). The first-order valence-corrected chi connectivity index (χ1v) is 6.40. The van der Waals surface area contributed by atoms with Crippen LogP contribution in [0.25, 0.3) is 0 Å². The van der Waals surface area contributed by atoms with E-state index in [1.165, 1.54) is 0 Å². The SMILES string of the molecule is CC(COCC(F)(F)F)NC(=O)NC(C)c1ccccn1. The Morgan fingerprint density at radius 2 is 2.05 bits per heavy atom. The second kappa shape index (κ2) is 7.82. The fourth-order valence-corrected chi connectivity index (χ4v) is 1.56. The highest BCUT2D eigenvalue weighted by molar-refractivity contribution is 5.74. The average molecular weight is 305 g/mol. The van der Waals surface area contributed by atoms with Crippen LogP contribution in [0, 0.1) is 0 Å². The van der Waals surface area contributed by atoms with Gasteiger partial charge in [0.15, 0.2) is 0 Å². The number of carbonyl (C=O) groups is 1. The van der Waals surface area contributed by atoms with E-state index in [2.05, 4.69) is 20.4 Å². The van der Waals surface area contributed by atoms with Crippen molar-refractivity contribution in [2.45, 2.75) is 32.1 Å². The molecule has 2 amide bonds. The number of urea groups is 1. The zero-order valence-electron chi connectivity index (χ0n) is 11.8. The van der Waals surface area contributed by atoms with Gasteiger partial charge in [0.05, 0.1) is 24.4 Å². The minimum absolute atomic E-state index is 0.217. The second-order valence-electron chi connectivity index (χ2n) is 4.63. The molecule has 0 aliphatic carbocycles. The molecule has 1 aromatic heterocycles. The molecule has 0 saturated heterocycles. The van der Waals surface area contributed by atoms with Crippen LogP contribution >= 0.6 is 0 Å². The predicted octanol–water partition coefficient (Wildman–Crippen LogP) is 2.41. The summed E-state index contributed by atoms with van der Waals surface area (Å²) in [6, 6.07) is 3.98. The van der Waals surface area contributed by atoms with Crippen LogP contribution < -0.4 is 10.6 Å². The topological polar surface area (TPSA) is 63.2 Å². The van der Waals surface area contributed by atoms with Crippen LogP contribution in [-0.4, -0.2) is 36.4 Å². The summed E-state index contributed by atoms with van der Waals surface area (Å²) in [7, 11) is 0. The summed E-state index contributed by atoms with van der Waals surface area (Å²) < 4.78 is 40.2. The molecule has 0 aromatic carbocycles. The highest BCUT2D eigenvalue weighted by Crippen LogP contribution is 2.14. The third kappa shape index (κ3) is 7.50. The Morgan fingerprint density at radius 3 is 2.62 bits per heavy atom. The molecule has 0 radical (unpaired) electrons. The van der Waals surface area contributed by atoms with Crippen LogP contribution in [0.3, 0.4) is 0 Å². The molecule has 5 nitrogen and oxygen atoms in total. The van der Waals surface area contributed by atoms with Gasteiger partial charge in [-0.25, -0.2) is 4.79 Å². The number of nitrogens with zero attached hydrogens (tertiary/aromatic N) is 1. The minimum atomic E-state index is -4.37. The first kappa shape index (κ1) is 17.2. The number of carbonyl (C=O) groups excluding carboxylic acids is 1. The monoisotopic (exact) mass is 305 g/mol. The summed E-state index contributed by atoms with van der Waals surface area (Å²) in [5.41, 5.74) is 0.689. The molecule has 0 spiro atoms. The van der Waals surface area contributed by atoms with Crippen LogP contribution in [0.4, 0.5) is 18.0 Å². The van der Waals surface area contributed by atoms with Gasteiger partial charge < -0.3 is 15.4 Å². The fraction of sp³-hybridized carbons (Fsp3) is 0.538. The van der Waals surface area contributed by atoms with Crippen molar-refractivity contribution in [1.29, 1.82) is 0 Å². The Hall–Kier alpha value is -1.83. The molecule has 1 heterocycles. The standard InChI is InChI=1S/C13H18F3N3O2/c1-9(7-21-8-13(14,15)16)18-12(20)19-10(2)11-5-3-4-6-17-11/h3-6,9-10H,7-8H2,1-2H3,(H2,18,19,20). The van der Waals surface area contributed by atoms with Gasteiger partial charge >= 0.3 is 12.2 Å². The molecule has 1 aromatic rings. The molecule has 118 valence electrons. The Labute approximate surface area is 120 Å². The van der Waals surface area contributed by atoms with Crippen molar-refractivity contribution in [2.75, 3.05) is 13.2 Å². The van der Waals surface area contributed by atoms with E-state index < -0.39 is 24.9 Å². The number of amides is 2. The number of pyridine rings is 1. The van der Waals surface area contributed by atoms with Gasteiger partial charge in [-0.05, 0) is 26.0 Å². The summed E-state index contributed by atoms with van der Waals surface area (Å²) in [6.45, 7) is 1.77. The van der Waals surface area contributed by atoms with Gasteiger partial charge in [-0.2, -0.15) is 13.2 Å². The van der Waals surface area contributed by atoms with Crippen molar-refractivity contribution in [3.05, 3.63) is 30.1 Å². The van der Waals surface area contributed by atoms with Gasteiger partial charge in [0.2, 0.25) is 0 Å². The number of aromatic nitrogens is 1. The highest BCUT2D eigenvalue weighted by atomic mass is 19.4. The Balaban J connectivity index is 2.30. The number of hydrogen-bond donors (Lipinski definition) is 2. The first-order chi connectivity index (χ1) is 9.78. The number of alkyl halides is 3. The molecule has 2 unspecified atom stereocenters. The molecule has 0 bridgehead atoms. The molecule has 0 aliphatic heterocycles. The van der Waals surface area contributed by atoms with Crippen LogP contribution in [0.5, 0.6) is 0 Å². The molecule has 8 heteroatoms. The third-order valence-electron chi connectivity index (χ3n) is 2.49. The minimum Gasteiger partial charge on any atom is -0.370 e. The van der Waals surface area contributed by atoms with Crippen LogP contribution in [0.1, 0.15) is 25.6 Å². The molecule has 2 atom stereocenters. The van der Waals surface area contributed by atoms with E-state index in [0.29, 0.717) is 5.69 Å². The largest absolute Gasteiger partial charge is 0.411 e. The van der Waals surface area contributed by atoms with Crippen molar-refractivity contribution in [2.24, 2.45) is 0 Å². The number of halogens is 3. The maximum Gasteiger partial charge on any atom is 0.411 e. The average Bonchev–Trinajstić information content (AvgIpc) is 2.37. The molecular weight excluding hydrogens is 287 g/mol. The van der Waals surface area contributed by atoms with E-state index in [9.17, 15) is 18.0 Å². The van der Waals surface area contributed by atoms with Gasteiger partial charge in [0, 0.05) is 6.20 Å². The van der Waals surface area contributed by atoms with Gasteiger partial charge in [-0.15, -0.1) is 0 Å². The van der Waals surface area contributed by atoms with Crippen molar-refractivity contribution in [3.63, 3.8) is 0 Å². The van der Waals surface area contributed by atoms with Crippen molar-refractivity contribution < 1.29 is 22.7 Å². The second-order valence-corrected chi connectivity index (χ2v) is 4.63. The van der Waals surface area contributed by atoms with Crippen molar-refractivity contribution in [1.82, 2.24) is 15.6 Å². The van der Waals surface area contributed by atoms with E-state index in [0.717, 1.165) is 0 Å². The number of nitrogens with one attached hydrogen (secondary N) is 2. The summed E-state index contributed by atoms with van der Waals surface area (Å²) >= 11 is 0. The van der Waals surface area contributed by atoms with Gasteiger partial charge in [-0.1, -0.05) is 6.07 Å².